The predicted molar refractivity (Wildman–Crippen MR) is 101 cm³/mol. The number of likely N-dealkylation sites (tertiary alicyclic amines) is 1. The fraction of sp³-hybridized carbons (Fsp3) is 0.750. The zero-order valence-electron chi connectivity index (χ0n) is 15.9. The summed E-state index contributed by atoms with van der Waals surface area (Å²) in [5.74, 6) is 3.19. The van der Waals surface area contributed by atoms with Crippen LogP contribution in [0.1, 0.15) is 51.3 Å². The maximum Gasteiger partial charge on any atom is 0.252 e. The lowest BCUT2D eigenvalue weighted by atomic mass is 9.70. The average molecular weight is 358 g/mol. The topological polar surface area (TPSA) is 78.1 Å². The minimum absolute atomic E-state index is 0.109. The number of aromatic nitrogens is 2. The van der Waals surface area contributed by atoms with Gasteiger partial charge in [-0.15, -0.1) is 0 Å². The van der Waals surface area contributed by atoms with Gasteiger partial charge in [-0.25, -0.2) is 4.98 Å². The standard InChI is InChI=1S/C20H30N4O2/c1-13-10-16(13)19(26)24-8-6-20(7-9-24)5-3-4-15(20)12-21-17-11-18(25)23-14(2)22-17/h11,13,15-16H,3-10,12H2,1-2H3,(H2,21,22,23,25). The van der Waals surface area contributed by atoms with Gasteiger partial charge in [0.1, 0.15) is 11.6 Å². The molecule has 2 saturated carbocycles. The summed E-state index contributed by atoms with van der Waals surface area (Å²) in [7, 11) is 0. The minimum atomic E-state index is -0.109. The Balaban J connectivity index is 1.36. The molecule has 1 aliphatic heterocycles. The summed E-state index contributed by atoms with van der Waals surface area (Å²) >= 11 is 0. The van der Waals surface area contributed by atoms with E-state index >= 15 is 0 Å². The number of nitrogens with one attached hydrogen (secondary N) is 2. The van der Waals surface area contributed by atoms with Gasteiger partial charge in [0.15, 0.2) is 0 Å². The lowest BCUT2D eigenvalue weighted by Gasteiger charge is -2.43. The number of rotatable bonds is 4. The van der Waals surface area contributed by atoms with Crippen LogP contribution < -0.4 is 10.9 Å². The van der Waals surface area contributed by atoms with Crippen molar-refractivity contribution in [1.82, 2.24) is 14.9 Å². The van der Waals surface area contributed by atoms with Crippen LogP contribution in [0, 0.1) is 30.1 Å². The van der Waals surface area contributed by atoms with Crippen molar-refractivity contribution >= 4 is 11.7 Å². The van der Waals surface area contributed by atoms with Crippen molar-refractivity contribution in [1.29, 1.82) is 0 Å². The van der Waals surface area contributed by atoms with Crippen molar-refractivity contribution < 1.29 is 4.79 Å². The number of nitrogens with zero attached hydrogens (tertiary/aromatic N) is 2. The van der Waals surface area contributed by atoms with Crippen molar-refractivity contribution in [2.45, 2.75) is 52.4 Å². The van der Waals surface area contributed by atoms with E-state index in [1.54, 1.807) is 6.92 Å². The van der Waals surface area contributed by atoms with Gasteiger partial charge in [-0.2, -0.15) is 0 Å². The number of amides is 1. The molecule has 3 aliphatic rings. The Morgan fingerprint density at radius 2 is 2.12 bits per heavy atom. The molecule has 6 nitrogen and oxygen atoms in total. The third-order valence-electron chi connectivity index (χ3n) is 6.98. The number of piperidine rings is 1. The quantitative estimate of drug-likeness (QED) is 0.867. The van der Waals surface area contributed by atoms with Crippen LogP contribution >= 0.6 is 0 Å². The van der Waals surface area contributed by atoms with Crippen LogP contribution in [0.15, 0.2) is 10.9 Å². The molecule has 0 bridgehead atoms. The number of hydrogen-bond donors (Lipinski definition) is 2. The highest BCUT2D eigenvalue weighted by Gasteiger charge is 2.47. The second kappa shape index (κ2) is 6.71. The molecule has 0 aromatic carbocycles. The molecule has 1 saturated heterocycles. The Morgan fingerprint density at radius 1 is 1.38 bits per heavy atom. The summed E-state index contributed by atoms with van der Waals surface area (Å²) in [6.45, 7) is 6.68. The molecule has 4 rings (SSSR count). The summed E-state index contributed by atoms with van der Waals surface area (Å²) < 4.78 is 0. The lowest BCUT2D eigenvalue weighted by molar-refractivity contribution is -0.135. The maximum absolute atomic E-state index is 12.5. The summed E-state index contributed by atoms with van der Waals surface area (Å²) in [4.78, 5) is 33.3. The predicted octanol–water partition coefficient (Wildman–Crippen LogP) is 2.56. The van der Waals surface area contributed by atoms with Crippen LogP contribution in [0.2, 0.25) is 0 Å². The van der Waals surface area contributed by atoms with Gasteiger partial charge >= 0.3 is 0 Å². The van der Waals surface area contributed by atoms with E-state index in [-0.39, 0.29) is 5.56 Å². The molecule has 6 heteroatoms. The van der Waals surface area contributed by atoms with Crippen LogP contribution in [-0.4, -0.2) is 40.4 Å². The van der Waals surface area contributed by atoms with E-state index in [2.05, 4.69) is 27.1 Å². The fourth-order valence-electron chi connectivity index (χ4n) is 5.16. The number of carbonyl (C=O) groups excluding carboxylic acids is 1. The first-order chi connectivity index (χ1) is 12.5. The zero-order chi connectivity index (χ0) is 18.3. The van der Waals surface area contributed by atoms with Crippen LogP contribution in [0.25, 0.3) is 0 Å². The number of aromatic amines is 1. The number of anilines is 1. The molecule has 1 aromatic heterocycles. The first-order valence-corrected chi connectivity index (χ1v) is 10.1. The van der Waals surface area contributed by atoms with Gasteiger partial charge in [-0.05, 0) is 56.3 Å². The van der Waals surface area contributed by atoms with Crippen LogP contribution in [0.4, 0.5) is 5.82 Å². The largest absolute Gasteiger partial charge is 0.370 e. The Labute approximate surface area is 154 Å². The van der Waals surface area contributed by atoms with Gasteiger partial charge in [0.2, 0.25) is 5.91 Å². The second-order valence-corrected chi connectivity index (χ2v) is 8.69. The van der Waals surface area contributed by atoms with Gasteiger partial charge in [-0.3, -0.25) is 9.59 Å². The smallest absolute Gasteiger partial charge is 0.252 e. The van der Waals surface area contributed by atoms with E-state index < -0.39 is 0 Å². The minimum Gasteiger partial charge on any atom is -0.370 e. The molecular weight excluding hydrogens is 328 g/mol. The van der Waals surface area contributed by atoms with E-state index in [1.165, 1.54) is 25.3 Å². The van der Waals surface area contributed by atoms with E-state index in [9.17, 15) is 9.59 Å². The van der Waals surface area contributed by atoms with Gasteiger partial charge in [0.25, 0.3) is 5.56 Å². The van der Waals surface area contributed by atoms with Crippen molar-refractivity contribution in [2.75, 3.05) is 25.0 Å². The van der Waals surface area contributed by atoms with Gasteiger partial charge in [-0.1, -0.05) is 13.3 Å². The second-order valence-electron chi connectivity index (χ2n) is 8.69. The third-order valence-corrected chi connectivity index (χ3v) is 6.98. The Hall–Kier alpha value is -1.85. The van der Waals surface area contributed by atoms with Crippen molar-refractivity contribution in [3.05, 3.63) is 22.2 Å². The molecule has 2 heterocycles. The molecule has 0 radical (unpaired) electrons. The number of carbonyl (C=O) groups is 1. The zero-order valence-corrected chi connectivity index (χ0v) is 15.9. The van der Waals surface area contributed by atoms with E-state index in [1.807, 2.05) is 0 Å². The van der Waals surface area contributed by atoms with E-state index in [0.29, 0.717) is 40.7 Å². The molecule has 3 atom stereocenters. The van der Waals surface area contributed by atoms with E-state index in [4.69, 9.17) is 0 Å². The maximum atomic E-state index is 12.5. The molecule has 1 amide bonds. The molecule has 1 spiro atoms. The van der Waals surface area contributed by atoms with E-state index in [0.717, 1.165) is 38.9 Å². The summed E-state index contributed by atoms with van der Waals surface area (Å²) in [6.07, 6.45) is 7.07. The first-order valence-electron chi connectivity index (χ1n) is 10.1. The first kappa shape index (κ1) is 17.6. The Morgan fingerprint density at radius 3 is 2.77 bits per heavy atom. The average Bonchev–Trinajstić information content (AvgIpc) is 3.21. The van der Waals surface area contributed by atoms with Gasteiger partial charge in [0, 0.05) is 31.6 Å². The van der Waals surface area contributed by atoms with Crippen LogP contribution in [-0.2, 0) is 4.79 Å². The molecule has 26 heavy (non-hydrogen) atoms. The van der Waals surface area contributed by atoms with Crippen molar-refractivity contribution in [3.8, 4) is 0 Å². The number of hydrogen-bond acceptors (Lipinski definition) is 4. The molecular formula is C20H30N4O2. The highest BCUT2D eigenvalue weighted by Crippen LogP contribution is 2.51. The summed E-state index contributed by atoms with van der Waals surface area (Å²) in [5, 5.41) is 3.40. The lowest BCUT2D eigenvalue weighted by Crippen LogP contribution is -2.46. The van der Waals surface area contributed by atoms with Gasteiger partial charge < -0.3 is 15.2 Å². The van der Waals surface area contributed by atoms with Crippen molar-refractivity contribution in [3.63, 3.8) is 0 Å². The third kappa shape index (κ3) is 3.38. The molecule has 1 aromatic rings. The SMILES string of the molecule is Cc1nc(NCC2CCCC23CCN(C(=O)C2CC2C)CC3)cc(=O)[nH]1. The van der Waals surface area contributed by atoms with Gasteiger partial charge in [0.05, 0.1) is 0 Å². The fourth-order valence-corrected chi connectivity index (χ4v) is 5.16. The molecule has 142 valence electrons. The normalized spacial score (nSPS) is 29.8. The Bertz CT molecular complexity index is 736. The highest BCUT2D eigenvalue weighted by atomic mass is 16.2. The Kier molecular flexibility index (Phi) is 4.53. The monoisotopic (exact) mass is 358 g/mol. The van der Waals surface area contributed by atoms with Crippen LogP contribution in [0.3, 0.4) is 0 Å². The molecule has 2 N–H and O–H groups in total. The number of aryl methyl sites for hydroxylation is 1. The summed E-state index contributed by atoms with van der Waals surface area (Å²) in [6, 6.07) is 1.53. The molecule has 2 aliphatic carbocycles. The number of H-pyrrole nitrogens is 1. The summed E-state index contributed by atoms with van der Waals surface area (Å²) in [5.41, 5.74) is 0.247. The van der Waals surface area contributed by atoms with Crippen LogP contribution in [0.5, 0.6) is 0 Å². The highest BCUT2D eigenvalue weighted by molar-refractivity contribution is 5.81. The molecule has 3 fully saturated rings. The van der Waals surface area contributed by atoms with Crippen molar-refractivity contribution in [2.24, 2.45) is 23.2 Å². The molecule has 3 unspecified atom stereocenters.